The number of benzene rings is 2. The van der Waals surface area contributed by atoms with Gasteiger partial charge < -0.3 is 19.9 Å². The summed E-state index contributed by atoms with van der Waals surface area (Å²) in [5.74, 6) is 0.591. The van der Waals surface area contributed by atoms with E-state index in [0.717, 1.165) is 36.7 Å². The Labute approximate surface area is 181 Å². The van der Waals surface area contributed by atoms with Crippen LogP contribution in [0.4, 0.5) is 0 Å². The van der Waals surface area contributed by atoms with Gasteiger partial charge in [-0.3, -0.25) is 9.59 Å². The zero-order valence-electron chi connectivity index (χ0n) is 17.8. The lowest BCUT2D eigenvalue weighted by molar-refractivity contribution is -0.134. The van der Waals surface area contributed by atoms with E-state index in [9.17, 15) is 9.59 Å². The summed E-state index contributed by atoms with van der Waals surface area (Å²) < 4.78 is 5.66. The quantitative estimate of drug-likeness (QED) is 0.614. The second-order valence-electron chi connectivity index (χ2n) is 7.95. The SMILES string of the molecule is CCCc1ccc(OCC(=O)N2CCC(NC(=O)c3ccc4nc[nH]c4c3)CC2)cc1. The number of likely N-dealkylation sites (tertiary alicyclic amines) is 1. The number of imidazole rings is 1. The number of nitrogens with one attached hydrogen (secondary N) is 2. The fraction of sp³-hybridized carbons (Fsp3) is 0.375. The number of aromatic amines is 1. The number of rotatable bonds is 7. The van der Waals surface area contributed by atoms with E-state index in [-0.39, 0.29) is 24.5 Å². The number of amides is 2. The van der Waals surface area contributed by atoms with Gasteiger partial charge in [-0.2, -0.15) is 0 Å². The van der Waals surface area contributed by atoms with Crippen LogP contribution < -0.4 is 10.1 Å². The fourth-order valence-corrected chi connectivity index (χ4v) is 3.90. The van der Waals surface area contributed by atoms with E-state index in [1.807, 2.05) is 41.3 Å². The summed E-state index contributed by atoms with van der Waals surface area (Å²) in [6.45, 7) is 3.41. The summed E-state index contributed by atoms with van der Waals surface area (Å²) in [6.07, 6.45) is 5.23. The third-order valence-corrected chi connectivity index (χ3v) is 5.69. The first-order chi connectivity index (χ1) is 15.1. The minimum absolute atomic E-state index is 0.0212. The van der Waals surface area contributed by atoms with Crippen LogP contribution in [0, 0.1) is 0 Å². The zero-order chi connectivity index (χ0) is 21.6. The summed E-state index contributed by atoms with van der Waals surface area (Å²) in [5, 5.41) is 3.08. The molecule has 0 aliphatic carbocycles. The molecule has 0 spiro atoms. The number of aromatic nitrogens is 2. The average Bonchev–Trinajstić information content (AvgIpc) is 3.27. The largest absolute Gasteiger partial charge is 0.484 e. The Morgan fingerprint density at radius 3 is 2.68 bits per heavy atom. The molecule has 1 aromatic heterocycles. The Hall–Kier alpha value is -3.35. The molecule has 1 aliphatic rings. The van der Waals surface area contributed by atoms with E-state index in [1.165, 1.54) is 5.56 Å². The van der Waals surface area contributed by atoms with Crippen LogP contribution in [0.5, 0.6) is 5.75 Å². The van der Waals surface area contributed by atoms with Crippen molar-refractivity contribution in [2.75, 3.05) is 19.7 Å². The van der Waals surface area contributed by atoms with Gasteiger partial charge in [-0.15, -0.1) is 0 Å². The molecule has 1 aliphatic heterocycles. The van der Waals surface area contributed by atoms with Crippen molar-refractivity contribution in [1.82, 2.24) is 20.2 Å². The molecule has 0 atom stereocenters. The number of aryl methyl sites for hydroxylation is 1. The molecule has 1 saturated heterocycles. The zero-order valence-corrected chi connectivity index (χ0v) is 17.8. The van der Waals surface area contributed by atoms with Gasteiger partial charge in [0.2, 0.25) is 0 Å². The molecule has 31 heavy (non-hydrogen) atoms. The van der Waals surface area contributed by atoms with E-state index in [0.29, 0.717) is 24.4 Å². The highest BCUT2D eigenvalue weighted by molar-refractivity contribution is 5.97. The molecule has 7 nitrogen and oxygen atoms in total. The Morgan fingerprint density at radius 1 is 1.16 bits per heavy atom. The van der Waals surface area contributed by atoms with Gasteiger partial charge in [0.25, 0.3) is 11.8 Å². The molecule has 1 fully saturated rings. The highest BCUT2D eigenvalue weighted by Crippen LogP contribution is 2.16. The van der Waals surface area contributed by atoms with Crippen LogP contribution in [0.15, 0.2) is 48.8 Å². The number of fused-ring (bicyclic) bond motifs is 1. The monoisotopic (exact) mass is 420 g/mol. The lowest BCUT2D eigenvalue weighted by Gasteiger charge is -2.32. The van der Waals surface area contributed by atoms with Crippen molar-refractivity contribution in [3.05, 3.63) is 59.9 Å². The van der Waals surface area contributed by atoms with Crippen molar-refractivity contribution in [2.45, 2.75) is 38.6 Å². The van der Waals surface area contributed by atoms with Crippen molar-refractivity contribution < 1.29 is 14.3 Å². The number of carbonyl (C=O) groups excluding carboxylic acids is 2. The smallest absolute Gasteiger partial charge is 0.260 e. The predicted octanol–water partition coefficient (Wildman–Crippen LogP) is 3.32. The molecule has 3 aromatic rings. The van der Waals surface area contributed by atoms with Crippen LogP contribution in [0.3, 0.4) is 0 Å². The Bertz CT molecular complexity index is 1040. The molecular formula is C24H28N4O3. The third kappa shape index (κ3) is 5.23. The van der Waals surface area contributed by atoms with Gasteiger partial charge in [-0.25, -0.2) is 4.98 Å². The predicted molar refractivity (Wildman–Crippen MR) is 119 cm³/mol. The van der Waals surface area contributed by atoms with Crippen molar-refractivity contribution in [1.29, 1.82) is 0 Å². The second-order valence-corrected chi connectivity index (χ2v) is 7.95. The Kier molecular flexibility index (Phi) is 6.50. The van der Waals surface area contributed by atoms with E-state index in [2.05, 4.69) is 22.2 Å². The third-order valence-electron chi connectivity index (χ3n) is 5.69. The topological polar surface area (TPSA) is 87.3 Å². The maximum Gasteiger partial charge on any atom is 0.260 e. The summed E-state index contributed by atoms with van der Waals surface area (Å²) in [5.41, 5.74) is 3.55. The number of H-pyrrole nitrogens is 1. The van der Waals surface area contributed by atoms with Crippen LogP contribution in [0.2, 0.25) is 0 Å². The minimum Gasteiger partial charge on any atom is -0.484 e. The Balaban J connectivity index is 1.22. The lowest BCUT2D eigenvalue weighted by Crippen LogP contribution is -2.47. The maximum atomic E-state index is 12.6. The Morgan fingerprint density at radius 2 is 1.94 bits per heavy atom. The first kappa shape index (κ1) is 20.9. The van der Waals surface area contributed by atoms with Crippen LogP contribution in [0.25, 0.3) is 11.0 Å². The normalized spacial score (nSPS) is 14.5. The van der Waals surface area contributed by atoms with E-state index in [1.54, 1.807) is 12.4 Å². The molecule has 2 amide bonds. The second kappa shape index (κ2) is 9.64. The summed E-state index contributed by atoms with van der Waals surface area (Å²) >= 11 is 0. The molecule has 162 valence electrons. The highest BCUT2D eigenvalue weighted by Gasteiger charge is 2.24. The molecule has 4 rings (SSSR count). The van der Waals surface area contributed by atoms with Gasteiger partial charge in [0.1, 0.15) is 5.75 Å². The minimum atomic E-state index is -0.101. The molecule has 7 heteroatoms. The summed E-state index contributed by atoms with van der Waals surface area (Å²) in [4.78, 5) is 34.1. The molecule has 2 heterocycles. The number of nitrogens with zero attached hydrogens (tertiary/aromatic N) is 2. The number of carbonyl (C=O) groups is 2. The van der Waals surface area contributed by atoms with Crippen LogP contribution in [-0.2, 0) is 11.2 Å². The van der Waals surface area contributed by atoms with Crippen molar-refractivity contribution in [2.24, 2.45) is 0 Å². The van der Waals surface area contributed by atoms with Crippen LogP contribution >= 0.6 is 0 Å². The molecular weight excluding hydrogens is 392 g/mol. The van der Waals surface area contributed by atoms with Crippen LogP contribution in [0.1, 0.15) is 42.1 Å². The highest BCUT2D eigenvalue weighted by atomic mass is 16.5. The van der Waals surface area contributed by atoms with E-state index in [4.69, 9.17) is 4.74 Å². The molecule has 0 unspecified atom stereocenters. The summed E-state index contributed by atoms with van der Waals surface area (Å²) in [6, 6.07) is 13.4. The maximum absolute atomic E-state index is 12.6. The van der Waals surface area contributed by atoms with Crippen molar-refractivity contribution >= 4 is 22.8 Å². The standard InChI is InChI=1S/C24H28N4O3/c1-2-3-17-4-7-20(8-5-17)31-15-23(29)28-12-10-19(11-13-28)27-24(30)18-6-9-21-22(14-18)26-16-25-21/h4-9,14,16,19H,2-3,10-13,15H2,1H3,(H,25,26)(H,27,30). The number of piperidine rings is 1. The van der Waals surface area contributed by atoms with Crippen molar-refractivity contribution in [3.63, 3.8) is 0 Å². The first-order valence-electron chi connectivity index (χ1n) is 10.9. The number of hydrogen-bond acceptors (Lipinski definition) is 4. The van der Waals surface area contributed by atoms with E-state index >= 15 is 0 Å². The van der Waals surface area contributed by atoms with Gasteiger partial charge in [-0.05, 0) is 55.2 Å². The average molecular weight is 421 g/mol. The molecule has 0 saturated carbocycles. The summed E-state index contributed by atoms with van der Waals surface area (Å²) in [7, 11) is 0. The van der Waals surface area contributed by atoms with Gasteiger partial charge in [0.15, 0.2) is 6.61 Å². The lowest BCUT2D eigenvalue weighted by atomic mass is 10.0. The van der Waals surface area contributed by atoms with Crippen molar-refractivity contribution in [3.8, 4) is 5.75 Å². The number of ether oxygens (including phenoxy) is 1. The molecule has 2 aromatic carbocycles. The first-order valence-corrected chi connectivity index (χ1v) is 10.9. The fourth-order valence-electron chi connectivity index (χ4n) is 3.90. The molecule has 0 radical (unpaired) electrons. The van der Waals surface area contributed by atoms with Gasteiger partial charge in [0, 0.05) is 24.7 Å². The van der Waals surface area contributed by atoms with Gasteiger partial charge in [0.05, 0.1) is 17.4 Å². The van der Waals surface area contributed by atoms with E-state index < -0.39 is 0 Å². The molecule has 0 bridgehead atoms. The van der Waals surface area contributed by atoms with Crippen LogP contribution in [-0.4, -0.2) is 52.4 Å². The van der Waals surface area contributed by atoms with Gasteiger partial charge in [-0.1, -0.05) is 25.5 Å². The molecule has 2 N–H and O–H groups in total. The van der Waals surface area contributed by atoms with Gasteiger partial charge >= 0.3 is 0 Å². The number of hydrogen-bond donors (Lipinski definition) is 2.